The Balaban J connectivity index is 1.70. The first-order valence-corrected chi connectivity index (χ1v) is 8.82. The van der Waals surface area contributed by atoms with E-state index in [0.29, 0.717) is 23.0 Å². The van der Waals surface area contributed by atoms with E-state index in [1.54, 1.807) is 6.20 Å². The zero-order chi connectivity index (χ0) is 16.9. The van der Waals surface area contributed by atoms with Crippen LogP contribution in [0.15, 0.2) is 59.1 Å². The van der Waals surface area contributed by atoms with Gasteiger partial charge in [-0.1, -0.05) is 30.3 Å². The van der Waals surface area contributed by atoms with Gasteiger partial charge >= 0.3 is 0 Å². The van der Waals surface area contributed by atoms with Crippen LogP contribution in [-0.2, 0) is 22.3 Å². The topological polar surface area (TPSA) is 52.3 Å². The van der Waals surface area contributed by atoms with Gasteiger partial charge in [0, 0.05) is 21.9 Å². The SMILES string of the molecule is COc1ccc(F)cc1C[S@@](=O)Cc1ncc(-c2ccccc2)o1. The number of hydrogen-bond acceptors (Lipinski definition) is 4. The largest absolute Gasteiger partial charge is 0.496 e. The molecule has 0 unspecified atom stereocenters. The van der Waals surface area contributed by atoms with Crippen LogP contribution in [0.2, 0.25) is 0 Å². The van der Waals surface area contributed by atoms with Crippen LogP contribution in [-0.4, -0.2) is 16.3 Å². The van der Waals surface area contributed by atoms with Gasteiger partial charge in [0.1, 0.15) is 17.3 Å². The molecule has 4 nitrogen and oxygen atoms in total. The molecule has 1 atom stereocenters. The monoisotopic (exact) mass is 345 g/mol. The first-order chi connectivity index (χ1) is 11.7. The second kappa shape index (κ2) is 7.40. The van der Waals surface area contributed by atoms with E-state index >= 15 is 0 Å². The van der Waals surface area contributed by atoms with Gasteiger partial charge in [0.05, 0.1) is 19.1 Å². The lowest BCUT2D eigenvalue weighted by molar-refractivity contribution is 0.410. The van der Waals surface area contributed by atoms with E-state index in [2.05, 4.69) is 4.98 Å². The Morgan fingerprint density at radius 3 is 2.71 bits per heavy atom. The fourth-order valence-electron chi connectivity index (χ4n) is 2.34. The number of benzene rings is 2. The second-order valence-electron chi connectivity index (χ2n) is 5.17. The van der Waals surface area contributed by atoms with E-state index in [1.165, 1.54) is 25.3 Å². The van der Waals surface area contributed by atoms with Crippen LogP contribution in [0.5, 0.6) is 5.75 Å². The Kier molecular flexibility index (Phi) is 5.05. The summed E-state index contributed by atoms with van der Waals surface area (Å²) in [4.78, 5) is 4.17. The van der Waals surface area contributed by atoms with E-state index in [9.17, 15) is 8.60 Å². The van der Waals surface area contributed by atoms with Gasteiger partial charge in [-0.3, -0.25) is 4.21 Å². The molecule has 3 aromatic rings. The van der Waals surface area contributed by atoms with Gasteiger partial charge in [-0.05, 0) is 18.2 Å². The van der Waals surface area contributed by atoms with Crippen LogP contribution in [0.25, 0.3) is 11.3 Å². The van der Waals surface area contributed by atoms with Gasteiger partial charge < -0.3 is 9.15 Å². The van der Waals surface area contributed by atoms with Crippen molar-refractivity contribution in [2.45, 2.75) is 11.5 Å². The molecule has 0 aliphatic carbocycles. The van der Waals surface area contributed by atoms with Crippen LogP contribution in [0, 0.1) is 5.82 Å². The van der Waals surface area contributed by atoms with Crippen molar-refractivity contribution in [2.75, 3.05) is 7.11 Å². The summed E-state index contributed by atoms with van der Waals surface area (Å²) in [7, 11) is 0.212. The summed E-state index contributed by atoms with van der Waals surface area (Å²) in [5.41, 5.74) is 1.47. The Morgan fingerprint density at radius 1 is 1.17 bits per heavy atom. The molecule has 24 heavy (non-hydrogen) atoms. The molecule has 124 valence electrons. The average Bonchev–Trinajstić information content (AvgIpc) is 3.04. The van der Waals surface area contributed by atoms with Crippen molar-refractivity contribution in [3.05, 3.63) is 72.0 Å². The molecule has 1 aromatic heterocycles. The molecule has 0 aliphatic heterocycles. The Hall–Kier alpha value is -2.47. The number of rotatable bonds is 6. The smallest absolute Gasteiger partial charge is 0.207 e. The van der Waals surface area contributed by atoms with Crippen LogP contribution in [0.3, 0.4) is 0 Å². The number of hydrogen-bond donors (Lipinski definition) is 0. The van der Waals surface area contributed by atoms with Crippen LogP contribution >= 0.6 is 0 Å². The van der Waals surface area contributed by atoms with Crippen molar-refractivity contribution in [1.82, 2.24) is 4.98 Å². The fraction of sp³-hybridized carbons (Fsp3) is 0.167. The normalized spacial score (nSPS) is 12.1. The maximum atomic E-state index is 13.4. The summed E-state index contributed by atoms with van der Waals surface area (Å²) in [5, 5.41) is 0. The summed E-state index contributed by atoms with van der Waals surface area (Å²) in [5.74, 6) is 1.48. The third-order valence-electron chi connectivity index (χ3n) is 3.46. The van der Waals surface area contributed by atoms with Crippen LogP contribution in [0.1, 0.15) is 11.5 Å². The summed E-state index contributed by atoms with van der Waals surface area (Å²) < 4.78 is 36.5. The highest BCUT2D eigenvalue weighted by molar-refractivity contribution is 7.83. The molecule has 0 spiro atoms. The van der Waals surface area contributed by atoms with Gasteiger partial charge in [0.15, 0.2) is 5.76 Å². The summed E-state index contributed by atoms with van der Waals surface area (Å²) in [6.07, 6.45) is 1.62. The van der Waals surface area contributed by atoms with E-state index in [4.69, 9.17) is 9.15 Å². The minimum Gasteiger partial charge on any atom is -0.496 e. The van der Waals surface area contributed by atoms with Crippen molar-refractivity contribution in [1.29, 1.82) is 0 Å². The first-order valence-electron chi connectivity index (χ1n) is 7.33. The number of aromatic nitrogens is 1. The summed E-state index contributed by atoms with van der Waals surface area (Å²) in [6.45, 7) is 0. The lowest BCUT2D eigenvalue weighted by Gasteiger charge is -2.07. The molecular formula is C18H16FNO3S. The third-order valence-corrected chi connectivity index (χ3v) is 4.66. The van der Waals surface area contributed by atoms with E-state index in [-0.39, 0.29) is 17.3 Å². The summed E-state index contributed by atoms with van der Waals surface area (Å²) in [6, 6.07) is 13.7. The highest BCUT2D eigenvalue weighted by atomic mass is 32.2. The lowest BCUT2D eigenvalue weighted by atomic mass is 10.2. The van der Waals surface area contributed by atoms with Gasteiger partial charge in [-0.2, -0.15) is 0 Å². The average molecular weight is 345 g/mol. The number of ether oxygens (including phenoxy) is 1. The number of methoxy groups -OCH3 is 1. The number of halogens is 1. The third kappa shape index (κ3) is 3.89. The molecule has 0 bridgehead atoms. The van der Waals surface area contributed by atoms with Crippen molar-refractivity contribution in [3.63, 3.8) is 0 Å². The molecule has 0 saturated heterocycles. The van der Waals surface area contributed by atoms with E-state index < -0.39 is 10.8 Å². The Labute approximate surface area is 141 Å². The number of oxazole rings is 1. The first kappa shape index (κ1) is 16.4. The molecule has 2 aromatic carbocycles. The zero-order valence-corrected chi connectivity index (χ0v) is 13.9. The van der Waals surface area contributed by atoms with Crippen molar-refractivity contribution in [3.8, 4) is 17.1 Å². The Morgan fingerprint density at radius 2 is 1.96 bits per heavy atom. The van der Waals surface area contributed by atoms with Gasteiger partial charge in [0.25, 0.3) is 0 Å². The highest BCUT2D eigenvalue weighted by Crippen LogP contribution is 2.23. The molecule has 1 heterocycles. The van der Waals surface area contributed by atoms with Crippen molar-refractivity contribution >= 4 is 10.8 Å². The summed E-state index contributed by atoms with van der Waals surface area (Å²) >= 11 is 0. The molecule has 0 amide bonds. The maximum absolute atomic E-state index is 13.4. The minimum absolute atomic E-state index is 0.159. The highest BCUT2D eigenvalue weighted by Gasteiger charge is 2.13. The van der Waals surface area contributed by atoms with Crippen LogP contribution in [0.4, 0.5) is 4.39 Å². The molecule has 3 rings (SSSR count). The molecule has 0 N–H and O–H groups in total. The van der Waals surface area contributed by atoms with Gasteiger partial charge in [-0.15, -0.1) is 0 Å². The van der Waals surface area contributed by atoms with Crippen LogP contribution < -0.4 is 4.74 Å². The molecule has 0 fully saturated rings. The molecule has 0 saturated carbocycles. The predicted octanol–water partition coefficient (Wildman–Crippen LogP) is 3.94. The number of nitrogens with zero attached hydrogens (tertiary/aromatic N) is 1. The second-order valence-corrected chi connectivity index (χ2v) is 6.63. The predicted molar refractivity (Wildman–Crippen MR) is 90.4 cm³/mol. The maximum Gasteiger partial charge on any atom is 0.207 e. The molecule has 6 heteroatoms. The van der Waals surface area contributed by atoms with E-state index in [1.807, 2.05) is 30.3 Å². The van der Waals surface area contributed by atoms with Crippen molar-refractivity contribution < 1.29 is 17.8 Å². The lowest BCUT2D eigenvalue weighted by Crippen LogP contribution is -2.02. The molecular weight excluding hydrogens is 329 g/mol. The molecule has 0 aliphatic rings. The van der Waals surface area contributed by atoms with E-state index in [0.717, 1.165) is 5.56 Å². The van der Waals surface area contributed by atoms with Gasteiger partial charge in [0.2, 0.25) is 5.89 Å². The van der Waals surface area contributed by atoms with Gasteiger partial charge in [-0.25, -0.2) is 9.37 Å². The fourth-order valence-corrected chi connectivity index (χ4v) is 3.42. The standard InChI is InChI=1S/C18H16FNO3S/c1-22-16-8-7-15(19)9-14(16)11-24(21)12-18-20-10-17(23-18)13-5-3-2-4-6-13/h2-10H,11-12H2,1H3/t24-/m1/s1. The zero-order valence-electron chi connectivity index (χ0n) is 13.1. The molecule has 0 radical (unpaired) electrons. The van der Waals surface area contributed by atoms with Crippen molar-refractivity contribution in [2.24, 2.45) is 0 Å². The quantitative estimate of drug-likeness (QED) is 0.679. The minimum atomic E-state index is -1.29. The Bertz CT molecular complexity index is 848.